The van der Waals surface area contributed by atoms with Gasteiger partial charge in [0.2, 0.25) is 0 Å². The van der Waals surface area contributed by atoms with E-state index in [-0.39, 0.29) is 0 Å². The number of nitrogens with one attached hydrogen (secondary N) is 1. The van der Waals surface area contributed by atoms with E-state index in [0.29, 0.717) is 17.8 Å². The molecule has 2 fully saturated rings. The first kappa shape index (κ1) is 16.5. The van der Waals surface area contributed by atoms with E-state index in [2.05, 4.69) is 39.8 Å². The monoisotopic (exact) mass is 338 g/mol. The van der Waals surface area contributed by atoms with Gasteiger partial charge in [-0.05, 0) is 43.6 Å². The number of benzene rings is 1. The summed E-state index contributed by atoms with van der Waals surface area (Å²) in [4.78, 5) is 2.50. The van der Waals surface area contributed by atoms with E-state index in [4.69, 9.17) is 0 Å². The maximum atomic E-state index is 9.56. The first-order valence-electron chi connectivity index (χ1n) is 8.21. The molecule has 0 saturated carbocycles. The number of aromatic hydroxyl groups is 1. The summed E-state index contributed by atoms with van der Waals surface area (Å²) in [5.41, 5.74) is 1.21. The van der Waals surface area contributed by atoms with E-state index >= 15 is 0 Å². The highest BCUT2D eigenvalue weighted by molar-refractivity contribution is 8.03. The van der Waals surface area contributed by atoms with Gasteiger partial charge in [0.1, 0.15) is 5.75 Å². The Morgan fingerprint density at radius 2 is 1.82 bits per heavy atom. The third-order valence-corrected chi connectivity index (χ3v) is 6.91. The topological polar surface area (TPSA) is 35.5 Å². The third-order valence-electron chi connectivity index (χ3n) is 4.39. The van der Waals surface area contributed by atoms with Crippen molar-refractivity contribution in [2.45, 2.75) is 31.5 Å². The van der Waals surface area contributed by atoms with Crippen LogP contribution in [0.15, 0.2) is 24.3 Å². The molecule has 1 aromatic rings. The van der Waals surface area contributed by atoms with Gasteiger partial charge in [-0.1, -0.05) is 12.1 Å². The number of phenols is 1. The fourth-order valence-electron chi connectivity index (χ4n) is 3.22. The van der Waals surface area contributed by atoms with E-state index < -0.39 is 0 Å². The highest BCUT2D eigenvalue weighted by Crippen LogP contribution is 2.20. The van der Waals surface area contributed by atoms with Crippen LogP contribution in [0.2, 0.25) is 0 Å². The van der Waals surface area contributed by atoms with Crippen molar-refractivity contribution >= 4 is 23.5 Å². The zero-order valence-electron chi connectivity index (χ0n) is 13.0. The molecule has 5 heteroatoms. The van der Waals surface area contributed by atoms with E-state index in [1.807, 2.05) is 12.1 Å². The molecule has 0 radical (unpaired) electrons. The van der Waals surface area contributed by atoms with E-state index in [1.165, 1.54) is 41.4 Å². The molecule has 2 aliphatic heterocycles. The van der Waals surface area contributed by atoms with Crippen LogP contribution in [0.25, 0.3) is 0 Å². The third kappa shape index (κ3) is 5.08. The summed E-state index contributed by atoms with van der Waals surface area (Å²) in [5, 5.41) is 13.4. The second-order valence-electron chi connectivity index (χ2n) is 6.23. The maximum Gasteiger partial charge on any atom is 0.115 e. The van der Waals surface area contributed by atoms with Crippen molar-refractivity contribution in [2.24, 2.45) is 0 Å². The predicted molar refractivity (Wildman–Crippen MR) is 98.0 cm³/mol. The summed E-state index contributed by atoms with van der Waals surface area (Å²) in [7, 11) is 0. The molecule has 1 aromatic carbocycles. The van der Waals surface area contributed by atoms with Crippen molar-refractivity contribution < 1.29 is 5.11 Å². The van der Waals surface area contributed by atoms with Crippen LogP contribution in [0.5, 0.6) is 5.75 Å². The van der Waals surface area contributed by atoms with E-state index in [0.717, 1.165) is 19.6 Å². The minimum atomic E-state index is 0.373. The van der Waals surface area contributed by atoms with E-state index in [9.17, 15) is 5.11 Å². The Kier molecular flexibility index (Phi) is 6.36. The summed E-state index contributed by atoms with van der Waals surface area (Å²) in [5.74, 6) is 5.54. The molecule has 0 aromatic heterocycles. The Morgan fingerprint density at radius 1 is 1.09 bits per heavy atom. The lowest BCUT2D eigenvalue weighted by Crippen LogP contribution is -2.47. The fraction of sp³-hybridized carbons (Fsp3) is 0.647. The molecule has 0 amide bonds. The Balaban J connectivity index is 1.42. The molecule has 0 aliphatic carbocycles. The van der Waals surface area contributed by atoms with Crippen LogP contribution < -0.4 is 5.32 Å². The zero-order valence-corrected chi connectivity index (χ0v) is 14.7. The second kappa shape index (κ2) is 8.48. The van der Waals surface area contributed by atoms with Gasteiger partial charge < -0.3 is 10.4 Å². The molecule has 2 N–H and O–H groups in total. The minimum absolute atomic E-state index is 0.373. The molecule has 2 aliphatic rings. The number of thioether (sulfide) groups is 2. The largest absolute Gasteiger partial charge is 0.508 e. The summed E-state index contributed by atoms with van der Waals surface area (Å²) >= 11 is 4.20. The van der Waals surface area contributed by atoms with Crippen LogP contribution in [0.3, 0.4) is 0 Å². The number of phenolic OH excluding ortho intramolecular Hbond substituents is 1. The Hall–Kier alpha value is -0.360. The number of likely N-dealkylation sites (tertiary alicyclic amines) is 1. The quantitative estimate of drug-likeness (QED) is 0.883. The first-order valence-corrected chi connectivity index (χ1v) is 10.5. The highest BCUT2D eigenvalue weighted by atomic mass is 32.2. The number of nitrogens with zero attached hydrogens (tertiary/aromatic N) is 1. The molecule has 0 bridgehead atoms. The second-order valence-corrected chi connectivity index (χ2v) is 8.53. The zero-order chi connectivity index (χ0) is 15.2. The Labute approximate surface area is 142 Å². The fourth-order valence-corrected chi connectivity index (χ4v) is 5.64. The van der Waals surface area contributed by atoms with Crippen molar-refractivity contribution in [1.82, 2.24) is 10.2 Å². The Bertz CT molecular complexity index is 456. The number of piperidine rings is 1. The van der Waals surface area contributed by atoms with E-state index in [1.54, 1.807) is 6.07 Å². The summed E-state index contributed by atoms with van der Waals surface area (Å²) in [6, 6.07) is 9.03. The van der Waals surface area contributed by atoms with Gasteiger partial charge in [0.25, 0.3) is 0 Å². The molecule has 122 valence electrons. The van der Waals surface area contributed by atoms with Crippen molar-refractivity contribution in [3.8, 4) is 5.75 Å². The minimum Gasteiger partial charge on any atom is -0.508 e. The first-order chi connectivity index (χ1) is 10.8. The van der Waals surface area contributed by atoms with Gasteiger partial charge in [-0.3, -0.25) is 4.90 Å². The molecule has 3 nitrogen and oxygen atoms in total. The number of rotatable bonds is 4. The Morgan fingerprint density at radius 3 is 2.50 bits per heavy atom. The van der Waals surface area contributed by atoms with Crippen molar-refractivity contribution in [2.75, 3.05) is 36.1 Å². The summed E-state index contributed by atoms with van der Waals surface area (Å²) in [6.07, 6.45) is 2.48. The number of hydrogen-bond acceptors (Lipinski definition) is 5. The molecule has 2 heterocycles. The molecular weight excluding hydrogens is 312 g/mol. The van der Waals surface area contributed by atoms with Crippen LogP contribution in [-0.2, 0) is 6.54 Å². The SMILES string of the molecule is Oc1cccc(CN2CCC(NC3CSCCSC3)CC2)c1. The molecule has 0 spiro atoms. The van der Waals surface area contributed by atoms with Gasteiger partial charge in [-0.15, -0.1) is 0 Å². The average molecular weight is 339 g/mol. The normalized spacial score (nSPS) is 22.5. The molecule has 0 atom stereocenters. The lowest BCUT2D eigenvalue weighted by Gasteiger charge is -2.34. The highest BCUT2D eigenvalue weighted by Gasteiger charge is 2.22. The lowest BCUT2D eigenvalue weighted by molar-refractivity contribution is 0.187. The van der Waals surface area contributed by atoms with Gasteiger partial charge in [-0.25, -0.2) is 0 Å². The van der Waals surface area contributed by atoms with Crippen LogP contribution in [0, 0.1) is 0 Å². The van der Waals surface area contributed by atoms with Crippen molar-refractivity contribution in [3.63, 3.8) is 0 Å². The van der Waals surface area contributed by atoms with Crippen LogP contribution in [0.1, 0.15) is 18.4 Å². The molecule has 3 rings (SSSR count). The summed E-state index contributed by atoms with van der Waals surface area (Å²) < 4.78 is 0. The standard InChI is InChI=1S/C17H26N2OS2/c20-17-3-1-2-14(10-17)11-19-6-4-15(5-7-19)18-16-12-21-8-9-22-13-16/h1-3,10,15-16,18,20H,4-9,11-13H2. The van der Waals surface area contributed by atoms with Crippen molar-refractivity contribution in [3.05, 3.63) is 29.8 Å². The van der Waals surface area contributed by atoms with Gasteiger partial charge in [0.15, 0.2) is 0 Å². The van der Waals surface area contributed by atoms with Gasteiger partial charge in [-0.2, -0.15) is 23.5 Å². The molecule has 2 saturated heterocycles. The summed E-state index contributed by atoms with van der Waals surface area (Å²) in [6.45, 7) is 3.26. The van der Waals surface area contributed by atoms with Crippen LogP contribution in [0.4, 0.5) is 0 Å². The lowest BCUT2D eigenvalue weighted by atomic mass is 10.0. The molecule has 22 heavy (non-hydrogen) atoms. The van der Waals surface area contributed by atoms with Gasteiger partial charge in [0, 0.05) is 41.6 Å². The predicted octanol–water partition coefficient (Wildman–Crippen LogP) is 2.79. The smallest absolute Gasteiger partial charge is 0.115 e. The van der Waals surface area contributed by atoms with Crippen LogP contribution >= 0.6 is 23.5 Å². The molecular formula is C17H26N2OS2. The van der Waals surface area contributed by atoms with Gasteiger partial charge in [0.05, 0.1) is 0 Å². The average Bonchev–Trinajstić information content (AvgIpc) is 2.78. The number of hydrogen-bond donors (Lipinski definition) is 2. The van der Waals surface area contributed by atoms with Crippen molar-refractivity contribution in [1.29, 1.82) is 0 Å². The van der Waals surface area contributed by atoms with Gasteiger partial charge >= 0.3 is 0 Å². The molecule has 0 unspecified atom stereocenters. The van der Waals surface area contributed by atoms with Crippen LogP contribution in [-0.4, -0.2) is 58.2 Å². The maximum absolute atomic E-state index is 9.56.